The van der Waals surface area contributed by atoms with Gasteiger partial charge in [-0.2, -0.15) is 0 Å². The molecular formula is C14H16N4O3. The number of nitrogens with zero attached hydrogens (tertiary/aromatic N) is 3. The standard InChI is InChI=1S/C14H16N4O3/c1-3-15-13-5-4-12(18(20)21)7-11(13)8-17-9-16-10(2)6-14(17)19/h4-7,9,15H,3,8H2,1-2H3. The Morgan fingerprint density at radius 1 is 1.38 bits per heavy atom. The molecule has 0 saturated carbocycles. The first-order valence-electron chi connectivity index (χ1n) is 6.55. The van der Waals surface area contributed by atoms with Crippen LogP contribution < -0.4 is 10.9 Å². The third kappa shape index (κ3) is 3.44. The molecule has 0 aliphatic carbocycles. The fourth-order valence-electron chi connectivity index (χ4n) is 2.01. The summed E-state index contributed by atoms with van der Waals surface area (Å²) in [5.74, 6) is 0. The van der Waals surface area contributed by atoms with Crippen molar-refractivity contribution in [3.8, 4) is 0 Å². The normalized spacial score (nSPS) is 10.4. The average molecular weight is 288 g/mol. The zero-order chi connectivity index (χ0) is 15.4. The van der Waals surface area contributed by atoms with Gasteiger partial charge in [0.05, 0.1) is 17.8 Å². The Morgan fingerprint density at radius 2 is 2.14 bits per heavy atom. The molecular weight excluding hydrogens is 272 g/mol. The van der Waals surface area contributed by atoms with Gasteiger partial charge in [0.1, 0.15) is 0 Å². The predicted octanol–water partition coefficient (Wildman–Crippen LogP) is 1.94. The minimum atomic E-state index is -0.449. The molecule has 0 aliphatic rings. The molecule has 0 unspecified atom stereocenters. The number of rotatable bonds is 5. The second-order valence-electron chi connectivity index (χ2n) is 4.63. The summed E-state index contributed by atoms with van der Waals surface area (Å²) in [5, 5.41) is 14.0. The van der Waals surface area contributed by atoms with E-state index in [0.717, 1.165) is 5.69 Å². The van der Waals surface area contributed by atoms with Crippen molar-refractivity contribution < 1.29 is 4.92 Å². The first kappa shape index (κ1) is 14.7. The summed E-state index contributed by atoms with van der Waals surface area (Å²) < 4.78 is 1.42. The Hall–Kier alpha value is -2.70. The summed E-state index contributed by atoms with van der Waals surface area (Å²) in [7, 11) is 0. The number of benzene rings is 1. The van der Waals surface area contributed by atoms with Crippen LogP contribution in [-0.4, -0.2) is 21.0 Å². The molecule has 0 saturated heterocycles. The quantitative estimate of drug-likeness (QED) is 0.670. The van der Waals surface area contributed by atoms with Gasteiger partial charge in [-0.1, -0.05) is 0 Å². The highest BCUT2D eigenvalue weighted by atomic mass is 16.6. The van der Waals surface area contributed by atoms with Crippen LogP contribution >= 0.6 is 0 Å². The number of nitro benzene ring substituents is 1. The number of hydrogen-bond donors (Lipinski definition) is 1. The van der Waals surface area contributed by atoms with E-state index in [1.165, 1.54) is 29.1 Å². The minimum Gasteiger partial charge on any atom is -0.385 e. The third-order valence-corrected chi connectivity index (χ3v) is 3.02. The molecule has 7 nitrogen and oxygen atoms in total. The molecule has 1 aromatic carbocycles. The van der Waals surface area contributed by atoms with Crippen molar-refractivity contribution in [2.45, 2.75) is 20.4 Å². The lowest BCUT2D eigenvalue weighted by atomic mass is 10.1. The van der Waals surface area contributed by atoms with Gasteiger partial charge in [0.15, 0.2) is 0 Å². The molecule has 0 bridgehead atoms. The van der Waals surface area contributed by atoms with Crippen LogP contribution in [0, 0.1) is 17.0 Å². The molecule has 1 N–H and O–H groups in total. The predicted molar refractivity (Wildman–Crippen MR) is 79.6 cm³/mol. The number of aryl methyl sites for hydroxylation is 1. The summed E-state index contributed by atoms with van der Waals surface area (Å²) in [5.41, 5.74) is 1.91. The third-order valence-electron chi connectivity index (χ3n) is 3.02. The molecule has 1 aromatic heterocycles. The van der Waals surface area contributed by atoms with Gasteiger partial charge in [-0.25, -0.2) is 4.98 Å². The maximum Gasteiger partial charge on any atom is 0.269 e. The van der Waals surface area contributed by atoms with Crippen molar-refractivity contribution in [2.75, 3.05) is 11.9 Å². The first-order chi connectivity index (χ1) is 10.0. The summed E-state index contributed by atoms with van der Waals surface area (Å²) in [6.45, 7) is 4.59. The zero-order valence-electron chi connectivity index (χ0n) is 11.9. The molecule has 7 heteroatoms. The summed E-state index contributed by atoms with van der Waals surface area (Å²) in [4.78, 5) is 26.4. The Balaban J connectivity index is 2.42. The number of aromatic nitrogens is 2. The Labute approximate surface area is 121 Å². The Bertz CT molecular complexity index is 724. The molecule has 2 aromatic rings. The van der Waals surface area contributed by atoms with Crippen molar-refractivity contribution in [3.63, 3.8) is 0 Å². The van der Waals surface area contributed by atoms with Crippen LogP contribution in [0.25, 0.3) is 0 Å². The topological polar surface area (TPSA) is 90.1 Å². The number of nitro groups is 1. The van der Waals surface area contributed by atoms with Crippen LogP contribution in [0.3, 0.4) is 0 Å². The van der Waals surface area contributed by atoms with Crippen LogP contribution in [-0.2, 0) is 6.54 Å². The summed E-state index contributed by atoms with van der Waals surface area (Å²) >= 11 is 0. The lowest BCUT2D eigenvalue weighted by Crippen LogP contribution is -2.21. The molecule has 0 atom stereocenters. The summed E-state index contributed by atoms with van der Waals surface area (Å²) in [6, 6.07) is 6.01. The highest BCUT2D eigenvalue weighted by Gasteiger charge is 2.11. The maximum atomic E-state index is 11.9. The SMILES string of the molecule is CCNc1ccc([N+](=O)[O-])cc1Cn1cnc(C)cc1=O. The van der Waals surface area contributed by atoms with E-state index in [9.17, 15) is 14.9 Å². The summed E-state index contributed by atoms with van der Waals surface area (Å²) in [6.07, 6.45) is 1.45. The van der Waals surface area contributed by atoms with Gasteiger partial charge in [0.2, 0.25) is 0 Å². The highest BCUT2D eigenvalue weighted by Crippen LogP contribution is 2.22. The lowest BCUT2D eigenvalue weighted by Gasteiger charge is -2.12. The van der Waals surface area contributed by atoms with Crippen molar-refractivity contribution >= 4 is 11.4 Å². The molecule has 0 spiro atoms. The van der Waals surface area contributed by atoms with Crippen LogP contribution in [0.2, 0.25) is 0 Å². The minimum absolute atomic E-state index is 0.000210. The van der Waals surface area contributed by atoms with Gasteiger partial charge in [-0.3, -0.25) is 19.5 Å². The Morgan fingerprint density at radius 3 is 2.76 bits per heavy atom. The molecule has 1 heterocycles. The molecule has 110 valence electrons. The molecule has 0 aliphatic heterocycles. The van der Waals surface area contributed by atoms with Crippen LogP contribution in [0.15, 0.2) is 35.4 Å². The van der Waals surface area contributed by atoms with Gasteiger partial charge < -0.3 is 5.32 Å². The molecule has 0 fully saturated rings. The smallest absolute Gasteiger partial charge is 0.269 e. The lowest BCUT2D eigenvalue weighted by molar-refractivity contribution is -0.384. The van der Waals surface area contributed by atoms with Gasteiger partial charge in [0.25, 0.3) is 11.2 Å². The van der Waals surface area contributed by atoms with E-state index in [0.29, 0.717) is 17.8 Å². The number of anilines is 1. The van der Waals surface area contributed by atoms with E-state index in [-0.39, 0.29) is 17.8 Å². The van der Waals surface area contributed by atoms with Crippen LogP contribution in [0.4, 0.5) is 11.4 Å². The zero-order valence-corrected chi connectivity index (χ0v) is 11.9. The average Bonchev–Trinajstić information content (AvgIpc) is 2.43. The largest absolute Gasteiger partial charge is 0.385 e. The maximum absolute atomic E-state index is 11.9. The van der Waals surface area contributed by atoms with Crippen molar-refractivity contribution in [3.05, 3.63) is 62.3 Å². The van der Waals surface area contributed by atoms with Crippen molar-refractivity contribution in [1.29, 1.82) is 0 Å². The number of hydrogen-bond acceptors (Lipinski definition) is 5. The van der Waals surface area contributed by atoms with Gasteiger partial charge in [-0.05, 0) is 19.9 Å². The number of nitrogens with one attached hydrogen (secondary N) is 1. The fraction of sp³-hybridized carbons (Fsp3) is 0.286. The van der Waals surface area contributed by atoms with E-state index in [4.69, 9.17) is 0 Å². The van der Waals surface area contributed by atoms with Gasteiger partial charge in [-0.15, -0.1) is 0 Å². The van der Waals surface area contributed by atoms with Crippen LogP contribution in [0.1, 0.15) is 18.2 Å². The second-order valence-corrected chi connectivity index (χ2v) is 4.63. The van der Waals surface area contributed by atoms with E-state index >= 15 is 0 Å². The molecule has 2 rings (SSSR count). The second kappa shape index (κ2) is 6.17. The monoisotopic (exact) mass is 288 g/mol. The van der Waals surface area contributed by atoms with Crippen molar-refractivity contribution in [2.24, 2.45) is 0 Å². The number of non-ortho nitro benzene ring substituents is 1. The first-order valence-corrected chi connectivity index (χ1v) is 6.55. The fourth-order valence-corrected chi connectivity index (χ4v) is 2.01. The Kier molecular flexibility index (Phi) is 4.32. The molecule has 0 radical (unpaired) electrons. The van der Waals surface area contributed by atoms with Crippen LogP contribution in [0.5, 0.6) is 0 Å². The van der Waals surface area contributed by atoms with E-state index < -0.39 is 4.92 Å². The van der Waals surface area contributed by atoms with Crippen molar-refractivity contribution in [1.82, 2.24) is 9.55 Å². The molecule has 0 amide bonds. The van der Waals surface area contributed by atoms with E-state index in [2.05, 4.69) is 10.3 Å². The van der Waals surface area contributed by atoms with E-state index in [1.54, 1.807) is 13.0 Å². The highest BCUT2D eigenvalue weighted by molar-refractivity contribution is 5.56. The van der Waals surface area contributed by atoms with Gasteiger partial charge >= 0.3 is 0 Å². The van der Waals surface area contributed by atoms with E-state index in [1.807, 2.05) is 6.92 Å². The van der Waals surface area contributed by atoms with Gasteiger partial charge in [0, 0.05) is 41.7 Å². The molecule has 21 heavy (non-hydrogen) atoms.